The van der Waals surface area contributed by atoms with Crippen LogP contribution in [0.25, 0.3) is 0 Å². The van der Waals surface area contributed by atoms with Crippen LogP contribution in [-0.4, -0.2) is 60.3 Å². The molecule has 124 valence electrons. The largest absolute Gasteiger partial charge is 0.490 e. The highest BCUT2D eigenvalue weighted by Crippen LogP contribution is 2.19. The van der Waals surface area contributed by atoms with E-state index in [4.69, 9.17) is 30.2 Å². The Morgan fingerprint density at radius 2 is 1.81 bits per heavy atom. The number of halogens is 3. The van der Waals surface area contributed by atoms with Crippen molar-refractivity contribution in [2.45, 2.75) is 37.6 Å². The van der Waals surface area contributed by atoms with Crippen LogP contribution in [0.3, 0.4) is 0 Å². The molecule has 0 aromatic carbocycles. The van der Waals surface area contributed by atoms with Gasteiger partial charge in [-0.15, -0.1) is 0 Å². The lowest BCUT2D eigenvalue weighted by Gasteiger charge is -2.12. The highest BCUT2D eigenvalue weighted by Gasteiger charge is 2.38. The maximum Gasteiger partial charge on any atom is 0.490 e. The van der Waals surface area contributed by atoms with Gasteiger partial charge in [-0.2, -0.15) is 13.2 Å². The molecule has 0 bridgehead atoms. The highest BCUT2D eigenvalue weighted by atomic mass is 19.4. The number of carboxylic acids is 1. The number of aliphatic hydroxyl groups excluding tert-OH is 1. The second kappa shape index (κ2) is 9.53. The van der Waals surface area contributed by atoms with E-state index >= 15 is 0 Å². The number of carbonyl (C=O) groups is 2. The van der Waals surface area contributed by atoms with Crippen LogP contribution in [0.2, 0.25) is 0 Å². The average Bonchev–Trinajstić information content (AvgIpc) is 2.84. The quantitative estimate of drug-likeness (QED) is 0.613. The summed E-state index contributed by atoms with van der Waals surface area (Å²) in [4.78, 5) is 19.8. The van der Waals surface area contributed by atoms with Gasteiger partial charge >= 0.3 is 18.1 Å². The van der Waals surface area contributed by atoms with Crippen molar-refractivity contribution in [1.29, 1.82) is 0 Å². The van der Waals surface area contributed by atoms with Crippen LogP contribution in [0.15, 0.2) is 0 Å². The van der Waals surface area contributed by atoms with E-state index in [1.54, 1.807) is 0 Å². The molecule has 0 saturated carbocycles. The topological polar surface area (TPSA) is 119 Å². The van der Waals surface area contributed by atoms with Crippen molar-refractivity contribution < 1.29 is 42.4 Å². The van der Waals surface area contributed by atoms with E-state index in [1.807, 2.05) is 0 Å². The normalized spacial score (nSPS) is 21.4. The molecular formula is C11H18F3NO6. The second-order valence-corrected chi connectivity index (χ2v) is 4.16. The molecule has 0 aromatic heterocycles. The predicted molar refractivity (Wildman–Crippen MR) is 63.3 cm³/mol. The average molecular weight is 317 g/mol. The summed E-state index contributed by atoms with van der Waals surface area (Å²) in [5.74, 6) is -3.05. The van der Waals surface area contributed by atoms with Crippen LogP contribution in [0.5, 0.6) is 0 Å². The highest BCUT2D eigenvalue weighted by molar-refractivity contribution is 5.73. The van der Waals surface area contributed by atoms with Gasteiger partial charge in [-0.05, 0) is 12.8 Å². The first-order valence-electron chi connectivity index (χ1n) is 6.12. The Morgan fingerprint density at radius 1 is 1.29 bits per heavy atom. The summed E-state index contributed by atoms with van der Waals surface area (Å²) in [7, 11) is 0. The monoisotopic (exact) mass is 317 g/mol. The van der Waals surface area contributed by atoms with Gasteiger partial charge in [0.2, 0.25) is 0 Å². The molecule has 0 unspecified atom stereocenters. The van der Waals surface area contributed by atoms with Gasteiger partial charge in [-0.3, -0.25) is 4.79 Å². The van der Waals surface area contributed by atoms with Crippen LogP contribution >= 0.6 is 0 Å². The molecule has 2 atom stereocenters. The van der Waals surface area contributed by atoms with Crippen LogP contribution < -0.4 is 5.73 Å². The molecule has 0 radical (unpaired) electrons. The van der Waals surface area contributed by atoms with Crippen LogP contribution in [0.4, 0.5) is 13.2 Å². The Kier molecular flexibility index (Phi) is 8.90. The summed E-state index contributed by atoms with van der Waals surface area (Å²) in [6.45, 7) is 0.617. The second-order valence-electron chi connectivity index (χ2n) is 4.16. The lowest BCUT2D eigenvalue weighted by molar-refractivity contribution is -0.192. The fourth-order valence-corrected chi connectivity index (χ4v) is 1.41. The summed E-state index contributed by atoms with van der Waals surface area (Å²) in [6.07, 6.45) is -3.32. The maximum atomic E-state index is 10.9. The first-order chi connectivity index (χ1) is 9.70. The number of hydrogen-bond acceptors (Lipinski definition) is 6. The molecule has 1 aliphatic rings. The van der Waals surface area contributed by atoms with Crippen LogP contribution in [-0.2, 0) is 19.1 Å². The van der Waals surface area contributed by atoms with Gasteiger partial charge < -0.3 is 25.4 Å². The van der Waals surface area contributed by atoms with E-state index in [9.17, 15) is 18.0 Å². The summed E-state index contributed by atoms with van der Waals surface area (Å²) >= 11 is 0. The molecular weight excluding hydrogens is 299 g/mol. The molecule has 1 fully saturated rings. The third-order valence-corrected chi connectivity index (χ3v) is 2.42. The zero-order chi connectivity index (χ0) is 16.5. The van der Waals surface area contributed by atoms with Gasteiger partial charge in [0.1, 0.15) is 6.61 Å². The standard InChI is InChI=1S/C9H17NO4.C2HF3O2/c10-4-3-9(12)13-6-8-2-1-7(5-11)14-8;3-2(4,5)1(6)7/h7-8,11H,1-6,10H2;(H,6,7)/t7-,8-;/m0./s1. The molecule has 1 rings (SSSR count). The summed E-state index contributed by atoms with van der Waals surface area (Å²) in [5, 5.41) is 15.9. The molecule has 21 heavy (non-hydrogen) atoms. The Morgan fingerprint density at radius 3 is 2.19 bits per heavy atom. The van der Waals surface area contributed by atoms with Gasteiger partial charge in [0.25, 0.3) is 0 Å². The van der Waals surface area contributed by atoms with E-state index in [2.05, 4.69) is 0 Å². The molecule has 0 aromatic rings. The van der Waals surface area contributed by atoms with E-state index < -0.39 is 12.1 Å². The van der Waals surface area contributed by atoms with E-state index in [-0.39, 0.29) is 37.8 Å². The minimum absolute atomic E-state index is 0.0350. The maximum absolute atomic E-state index is 10.9. The first-order valence-corrected chi connectivity index (χ1v) is 6.12. The first kappa shape index (κ1) is 19.6. The molecule has 1 aliphatic heterocycles. The van der Waals surface area contributed by atoms with Crippen molar-refractivity contribution in [3.63, 3.8) is 0 Å². The molecule has 1 saturated heterocycles. The summed E-state index contributed by atoms with van der Waals surface area (Å²) in [5.41, 5.74) is 5.19. The third-order valence-electron chi connectivity index (χ3n) is 2.42. The lowest BCUT2D eigenvalue weighted by Crippen LogP contribution is -2.21. The van der Waals surface area contributed by atoms with E-state index in [0.29, 0.717) is 6.54 Å². The number of hydrogen-bond donors (Lipinski definition) is 3. The minimum atomic E-state index is -5.08. The fraction of sp³-hybridized carbons (Fsp3) is 0.818. The number of alkyl halides is 3. The number of rotatable bonds is 5. The van der Waals surface area contributed by atoms with Crippen LogP contribution in [0, 0.1) is 0 Å². The number of ether oxygens (including phenoxy) is 2. The van der Waals surface area contributed by atoms with Crippen molar-refractivity contribution in [2.24, 2.45) is 5.73 Å². The number of carbonyl (C=O) groups excluding carboxylic acids is 1. The summed E-state index contributed by atoms with van der Waals surface area (Å²) < 4.78 is 42.1. The Hall–Kier alpha value is -1.39. The third kappa shape index (κ3) is 9.21. The molecule has 10 heteroatoms. The van der Waals surface area contributed by atoms with Crippen molar-refractivity contribution in [3.8, 4) is 0 Å². The zero-order valence-electron chi connectivity index (χ0n) is 11.1. The molecule has 0 amide bonds. The molecule has 0 spiro atoms. The van der Waals surface area contributed by atoms with Gasteiger partial charge in [0.15, 0.2) is 0 Å². The van der Waals surface area contributed by atoms with E-state index in [0.717, 1.165) is 12.8 Å². The number of aliphatic carboxylic acids is 1. The van der Waals surface area contributed by atoms with Crippen molar-refractivity contribution in [3.05, 3.63) is 0 Å². The minimum Gasteiger partial charge on any atom is -0.475 e. The molecule has 7 nitrogen and oxygen atoms in total. The molecule has 1 heterocycles. The Labute approximate surface area is 118 Å². The smallest absolute Gasteiger partial charge is 0.475 e. The predicted octanol–water partition coefficient (Wildman–Crippen LogP) is 0.0516. The van der Waals surface area contributed by atoms with Gasteiger partial charge in [-0.25, -0.2) is 4.79 Å². The van der Waals surface area contributed by atoms with Crippen LogP contribution in [0.1, 0.15) is 19.3 Å². The van der Waals surface area contributed by atoms with Gasteiger partial charge in [0.05, 0.1) is 25.2 Å². The molecule has 4 N–H and O–H groups in total. The number of aliphatic hydroxyl groups is 1. The number of esters is 1. The number of carboxylic acid groups (broad SMARTS) is 1. The fourth-order valence-electron chi connectivity index (χ4n) is 1.41. The zero-order valence-corrected chi connectivity index (χ0v) is 11.1. The molecule has 0 aliphatic carbocycles. The van der Waals surface area contributed by atoms with Crippen molar-refractivity contribution in [1.82, 2.24) is 0 Å². The Bertz CT molecular complexity index is 336. The van der Waals surface area contributed by atoms with Crippen molar-refractivity contribution >= 4 is 11.9 Å². The Balaban J connectivity index is 0.000000486. The van der Waals surface area contributed by atoms with Crippen molar-refractivity contribution in [2.75, 3.05) is 19.8 Å². The van der Waals surface area contributed by atoms with E-state index in [1.165, 1.54) is 0 Å². The summed E-state index contributed by atoms with van der Waals surface area (Å²) in [6, 6.07) is 0. The SMILES string of the molecule is NCCC(=O)OC[C@@H]1CC[C@@H](CO)O1.O=C(O)C(F)(F)F. The number of nitrogens with two attached hydrogens (primary N) is 1. The van der Waals surface area contributed by atoms with Gasteiger partial charge in [0, 0.05) is 6.54 Å². The lowest BCUT2D eigenvalue weighted by atomic mass is 10.2. The van der Waals surface area contributed by atoms with Gasteiger partial charge in [-0.1, -0.05) is 0 Å².